The van der Waals surface area contributed by atoms with E-state index in [0.717, 1.165) is 5.69 Å². The van der Waals surface area contributed by atoms with Gasteiger partial charge in [-0.05, 0) is 25.1 Å². The first kappa shape index (κ1) is 12.4. The molecule has 6 heteroatoms. The number of nitrogens with one attached hydrogen (secondary N) is 2. The van der Waals surface area contributed by atoms with Crippen molar-refractivity contribution in [1.82, 2.24) is 9.78 Å². The molecule has 0 saturated carbocycles. The zero-order chi connectivity index (χ0) is 13.1. The first-order valence-corrected chi connectivity index (χ1v) is 5.76. The summed E-state index contributed by atoms with van der Waals surface area (Å²) in [6.45, 7) is 1.88. The van der Waals surface area contributed by atoms with Gasteiger partial charge in [0.05, 0.1) is 17.6 Å². The fourth-order valence-corrected chi connectivity index (χ4v) is 1.66. The van der Waals surface area contributed by atoms with Crippen LogP contribution >= 0.6 is 11.6 Å². The Morgan fingerprint density at radius 2 is 2.17 bits per heavy atom. The number of rotatable bonds is 2. The van der Waals surface area contributed by atoms with Gasteiger partial charge < -0.3 is 10.6 Å². The molecule has 1 aromatic carbocycles. The van der Waals surface area contributed by atoms with Gasteiger partial charge in [0, 0.05) is 17.8 Å². The maximum absolute atomic E-state index is 11.8. The third-order valence-electron chi connectivity index (χ3n) is 2.57. The number of nitrogens with zero attached hydrogens (tertiary/aromatic N) is 2. The van der Waals surface area contributed by atoms with Gasteiger partial charge in [0.15, 0.2) is 0 Å². The number of carbonyl (C=O) groups is 1. The van der Waals surface area contributed by atoms with Crippen LogP contribution in [0.3, 0.4) is 0 Å². The molecule has 0 fully saturated rings. The molecule has 0 aliphatic carbocycles. The van der Waals surface area contributed by atoms with Crippen LogP contribution in [-0.2, 0) is 7.05 Å². The number of aromatic nitrogens is 2. The van der Waals surface area contributed by atoms with Gasteiger partial charge in [-0.25, -0.2) is 4.79 Å². The van der Waals surface area contributed by atoms with Gasteiger partial charge in [-0.3, -0.25) is 4.68 Å². The van der Waals surface area contributed by atoms with E-state index in [-0.39, 0.29) is 6.03 Å². The minimum Gasteiger partial charge on any atom is -0.308 e. The lowest BCUT2D eigenvalue weighted by Gasteiger charge is -2.07. The van der Waals surface area contributed by atoms with Gasteiger partial charge in [-0.1, -0.05) is 17.7 Å². The summed E-state index contributed by atoms with van der Waals surface area (Å²) < 4.78 is 1.69. The van der Waals surface area contributed by atoms with Crippen molar-refractivity contribution in [2.24, 2.45) is 7.05 Å². The van der Waals surface area contributed by atoms with E-state index in [4.69, 9.17) is 11.6 Å². The summed E-state index contributed by atoms with van der Waals surface area (Å²) in [5.41, 5.74) is 2.20. The second kappa shape index (κ2) is 5.10. The molecule has 0 radical (unpaired) electrons. The average Bonchev–Trinajstić information content (AvgIpc) is 2.61. The van der Waals surface area contributed by atoms with Crippen molar-refractivity contribution < 1.29 is 4.79 Å². The third kappa shape index (κ3) is 2.81. The monoisotopic (exact) mass is 264 g/mol. The summed E-state index contributed by atoms with van der Waals surface area (Å²) in [5.74, 6) is 0. The van der Waals surface area contributed by atoms with Gasteiger partial charge in [0.25, 0.3) is 0 Å². The minimum absolute atomic E-state index is 0.326. The molecule has 2 amide bonds. The van der Waals surface area contributed by atoms with Crippen molar-refractivity contribution in [2.75, 3.05) is 10.6 Å². The number of carbonyl (C=O) groups excluding carboxylic acids is 1. The molecule has 2 N–H and O–H groups in total. The lowest BCUT2D eigenvalue weighted by atomic mass is 10.3. The first-order valence-electron chi connectivity index (χ1n) is 5.38. The Labute approximate surface area is 110 Å². The number of aryl methyl sites for hydroxylation is 1. The maximum atomic E-state index is 11.8. The van der Waals surface area contributed by atoms with Crippen LogP contribution < -0.4 is 10.6 Å². The highest BCUT2D eigenvalue weighted by Gasteiger charge is 2.07. The van der Waals surface area contributed by atoms with Crippen molar-refractivity contribution in [3.8, 4) is 0 Å². The lowest BCUT2D eigenvalue weighted by Crippen LogP contribution is -2.19. The fraction of sp³-hybridized carbons (Fsp3) is 0.167. The van der Waals surface area contributed by atoms with E-state index in [1.807, 2.05) is 14.0 Å². The number of amides is 2. The summed E-state index contributed by atoms with van der Waals surface area (Å²) in [7, 11) is 1.81. The molecule has 5 nitrogen and oxygen atoms in total. The summed E-state index contributed by atoms with van der Waals surface area (Å²) in [6.07, 6.45) is 1.60. The molecule has 1 aromatic heterocycles. The van der Waals surface area contributed by atoms with Crippen LogP contribution in [0.5, 0.6) is 0 Å². The van der Waals surface area contributed by atoms with Gasteiger partial charge in [0.1, 0.15) is 0 Å². The van der Waals surface area contributed by atoms with Gasteiger partial charge in [0.2, 0.25) is 0 Å². The van der Waals surface area contributed by atoms with Crippen molar-refractivity contribution >= 4 is 29.0 Å². The molecule has 0 saturated heterocycles. The number of anilines is 2. The molecule has 0 spiro atoms. The minimum atomic E-state index is -0.326. The van der Waals surface area contributed by atoms with Crippen molar-refractivity contribution in [1.29, 1.82) is 0 Å². The van der Waals surface area contributed by atoms with Crippen LogP contribution in [0, 0.1) is 6.92 Å². The summed E-state index contributed by atoms with van der Waals surface area (Å²) >= 11 is 5.83. The predicted octanol–water partition coefficient (Wildman–Crippen LogP) is 3.03. The smallest absolute Gasteiger partial charge is 0.308 e. The van der Waals surface area contributed by atoms with Crippen LogP contribution in [-0.4, -0.2) is 15.8 Å². The topological polar surface area (TPSA) is 59.0 Å². The van der Waals surface area contributed by atoms with E-state index in [2.05, 4.69) is 15.7 Å². The second-order valence-electron chi connectivity index (χ2n) is 3.86. The first-order chi connectivity index (χ1) is 8.56. The van der Waals surface area contributed by atoms with E-state index in [1.54, 1.807) is 35.1 Å². The Balaban J connectivity index is 2.03. The molecule has 2 aromatic rings. The Bertz CT molecular complexity index is 579. The molecule has 94 valence electrons. The largest absolute Gasteiger partial charge is 0.323 e. The molecular weight excluding hydrogens is 252 g/mol. The number of hydrogen-bond acceptors (Lipinski definition) is 2. The Kier molecular flexibility index (Phi) is 3.53. The zero-order valence-corrected chi connectivity index (χ0v) is 10.8. The van der Waals surface area contributed by atoms with Crippen LogP contribution in [0.2, 0.25) is 5.02 Å². The standard InChI is InChI=1S/C12H13ClN4O/c1-8-11(7-14-17(8)2)16-12(18)15-10-5-3-4-9(13)6-10/h3-7H,1-2H3,(H2,15,16,18). The van der Waals surface area contributed by atoms with Crippen LogP contribution in [0.15, 0.2) is 30.5 Å². The highest BCUT2D eigenvalue weighted by molar-refractivity contribution is 6.30. The molecule has 2 rings (SSSR count). The van der Waals surface area contributed by atoms with Gasteiger partial charge in [-0.15, -0.1) is 0 Å². The van der Waals surface area contributed by atoms with E-state index in [0.29, 0.717) is 16.4 Å². The number of halogens is 1. The molecule has 0 bridgehead atoms. The van der Waals surface area contributed by atoms with E-state index >= 15 is 0 Å². The van der Waals surface area contributed by atoms with E-state index in [9.17, 15) is 4.79 Å². The molecule has 0 atom stereocenters. The third-order valence-corrected chi connectivity index (χ3v) is 2.80. The SMILES string of the molecule is Cc1c(NC(=O)Nc2cccc(Cl)c2)cnn1C. The van der Waals surface area contributed by atoms with Crippen LogP contribution in [0.1, 0.15) is 5.69 Å². The number of benzene rings is 1. The Hall–Kier alpha value is -2.01. The van der Waals surface area contributed by atoms with Crippen molar-refractivity contribution in [2.45, 2.75) is 6.92 Å². The van der Waals surface area contributed by atoms with Crippen LogP contribution in [0.4, 0.5) is 16.2 Å². The van der Waals surface area contributed by atoms with Gasteiger partial charge in [-0.2, -0.15) is 5.10 Å². The molecular formula is C12H13ClN4O. The highest BCUT2D eigenvalue weighted by Crippen LogP contribution is 2.16. The van der Waals surface area contributed by atoms with Gasteiger partial charge >= 0.3 is 6.03 Å². The Morgan fingerprint density at radius 1 is 1.39 bits per heavy atom. The molecule has 1 heterocycles. The van der Waals surface area contributed by atoms with Crippen molar-refractivity contribution in [3.63, 3.8) is 0 Å². The highest BCUT2D eigenvalue weighted by atomic mass is 35.5. The number of urea groups is 1. The predicted molar refractivity (Wildman–Crippen MR) is 72.0 cm³/mol. The lowest BCUT2D eigenvalue weighted by molar-refractivity contribution is 0.262. The summed E-state index contributed by atoms with van der Waals surface area (Å²) in [4.78, 5) is 11.8. The van der Waals surface area contributed by atoms with Crippen LogP contribution in [0.25, 0.3) is 0 Å². The number of hydrogen-bond donors (Lipinski definition) is 2. The second-order valence-corrected chi connectivity index (χ2v) is 4.29. The summed E-state index contributed by atoms with van der Waals surface area (Å²) in [5, 5.41) is 10.0. The summed E-state index contributed by atoms with van der Waals surface area (Å²) in [6, 6.07) is 6.63. The zero-order valence-electron chi connectivity index (χ0n) is 10.1. The van der Waals surface area contributed by atoms with E-state index in [1.165, 1.54) is 0 Å². The molecule has 0 unspecified atom stereocenters. The average molecular weight is 265 g/mol. The van der Waals surface area contributed by atoms with E-state index < -0.39 is 0 Å². The maximum Gasteiger partial charge on any atom is 0.323 e. The fourth-order valence-electron chi connectivity index (χ4n) is 1.47. The molecule has 0 aliphatic rings. The molecule has 0 aliphatic heterocycles. The Morgan fingerprint density at radius 3 is 2.78 bits per heavy atom. The van der Waals surface area contributed by atoms with Crippen molar-refractivity contribution in [3.05, 3.63) is 41.2 Å². The quantitative estimate of drug-likeness (QED) is 0.876. The normalized spacial score (nSPS) is 10.2. The molecule has 18 heavy (non-hydrogen) atoms.